The average molecular weight is 374 g/mol. The lowest BCUT2D eigenvalue weighted by Gasteiger charge is -2.35. The van der Waals surface area contributed by atoms with Crippen molar-refractivity contribution in [2.45, 2.75) is 20.3 Å². The molecule has 0 saturated carbocycles. The molecule has 1 aliphatic heterocycles. The largest absolute Gasteiger partial charge is 0.336 e. The predicted molar refractivity (Wildman–Crippen MR) is 91.0 cm³/mol. The highest BCUT2D eigenvalue weighted by atomic mass is 79.9. The van der Waals surface area contributed by atoms with Gasteiger partial charge in [0.15, 0.2) is 0 Å². The first-order valence-electron chi connectivity index (χ1n) is 7.44. The predicted octanol–water partition coefficient (Wildman–Crippen LogP) is 3.91. The standard InChI is InChI=1S/C16H22BrClN2O/c1-12(2)5-6-19-7-9-20(10-8-19)16(21)14-4-3-13(18)11-15(14)17/h3-4,11-12H,5-10H2,1-2H3. The summed E-state index contributed by atoms with van der Waals surface area (Å²) in [6.07, 6.45) is 1.22. The van der Waals surface area contributed by atoms with E-state index in [-0.39, 0.29) is 5.91 Å². The molecule has 0 N–H and O–H groups in total. The minimum Gasteiger partial charge on any atom is -0.336 e. The van der Waals surface area contributed by atoms with Crippen molar-refractivity contribution in [1.29, 1.82) is 0 Å². The monoisotopic (exact) mass is 372 g/mol. The number of nitrogens with zero attached hydrogens (tertiary/aromatic N) is 2. The first-order chi connectivity index (χ1) is 9.97. The summed E-state index contributed by atoms with van der Waals surface area (Å²) in [5, 5.41) is 0.636. The second kappa shape index (κ2) is 7.61. The molecule has 0 spiro atoms. The molecule has 1 amide bonds. The van der Waals surface area contributed by atoms with Gasteiger partial charge < -0.3 is 4.90 Å². The molecule has 0 aliphatic carbocycles. The van der Waals surface area contributed by atoms with Gasteiger partial charge in [-0.3, -0.25) is 9.69 Å². The van der Waals surface area contributed by atoms with Gasteiger partial charge in [-0.2, -0.15) is 0 Å². The Balaban J connectivity index is 1.91. The number of rotatable bonds is 4. The van der Waals surface area contributed by atoms with Crippen molar-refractivity contribution < 1.29 is 4.79 Å². The van der Waals surface area contributed by atoms with Crippen LogP contribution in [0, 0.1) is 5.92 Å². The maximum atomic E-state index is 12.5. The molecule has 0 radical (unpaired) electrons. The number of hydrogen-bond donors (Lipinski definition) is 0. The van der Waals surface area contributed by atoms with E-state index in [1.54, 1.807) is 18.2 Å². The molecule has 116 valence electrons. The van der Waals surface area contributed by atoms with Gasteiger partial charge in [0.1, 0.15) is 0 Å². The van der Waals surface area contributed by atoms with Gasteiger partial charge >= 0.3 is 0 Å². The highest BCUT2D eigenvalue weighted by Gasteiger charge is 2.23. The van der Waals surface area contributed by atoms with Gasteiger partial charge in [-0.25, -0.2) is 0 Å². The van der Waals surface area contributed by atoms with Crippen molar-refractivity contribution in [1.82, 2.24) is 9.80 Å². The van der Waals surface area contributed by atoms with E-state index in [0.717, 1.165) is 43.1 Å². The molecule has 0 bridgehead atoms. The molecule has 1 aliphatic rings. The van der Waals surface area contributed by atoms with E-state index in [2.05, 4.69) is 34.7 Å². The number of amides is 1. The number of piperazine rings is 1. The van der Waals surface area contributed by atoms with Crippen molar-refractivity contribution in [3.63, 3.8) is 0 Å². The Bertz CT molecular complexity index is 499. The highest BCUT2D eigenvalue weighted by molar-refractivity contribution is 9.10. The summed E-state index contributed by atoms with van der Waals surface area (Å²) >= 11 is 9.35. The molecule has 1 fully saturated rings. The van der Waals surface area contributed by atoms with Crippen LogP contribution >= 0.6 is 27.5 Å². The van der Waals surface area contributed by atoms with Crippen LogP contribution in [0.3, 0.4) is 0 Å². The van der Waals surface area contributed by atoms with Crippen molar-refractivity contribution in [2.24, 2.45) is 5.92 Å². The molecule has 0 unspecified atom stereocenters. The molecule has 2 rings (SSSR count). The Kier molecular flexibility index (Phi) is 6.08. The molecule has 1 heterocycles. The van der Waals surface area contributed by atoms with Crippen molar-refractivity contribution in [2.75, 3.05) is 32.7 Å². The van der Waals surface area contributed by atoms with Crippen molar-refractivity contribution in [3.05, 3.63) is 33.3 Å². The normalized spacial score (nSPS) is 16.5. The van der Waals surface area contributed by atoms with Gasteiger partial charge in [-0.05, 0) is 53.0 Å². The first kappa shape index (κ1) is 16.8. The zero-order chi connectivity index (χ0) is 15.4. The third kappa shape index (κ3) is 4.70. The van der Waals surface area contributed by atoms with Crippen molar-refractivity contribution >= 4 is 33.4 Å². The molecule has 21 heavy (non-hydrogen) atoms. The lowest BCUT2D eigenvalue weighted by molar-refractivity contribution is 0.0631. The minimum absolute atomic E-state index is 0.0852. The van der Waals surface area contributed by atoms with Gasteiger partial charge in [0.05, 0.1) is 5.56 Å². The molecule has 1 saturated heterocycles. The van der Waals surface area contributed by atoms with E-state index in [1.807, 2.05) is 4.90 Å². The van der Waals surface area contributed by atoms with Gasteiger partial charge in [0, 0.05) is 35.7 Å². The molecular formula is C16H22BrClN2O. The number of halogens is 2. The van der Waals surface area contributed by atoms with E-state index in [0.29, 0.717) is 10.6 Å². The molecule has 1 aromatic rings. The Morgan fingerprint density at radius 2 is 1.95 bits per heavy atom. The van der Waals surface area contributed by atoms with Crippen LogP contribution in [0.1, 0.15) is 30.6 Å². The summed E-state index contributed by atoms with van der Waals surface area (Å²) in [5.74, 6) is 0.816. The molecule has 5 heteroatoms. The van der Waals surface area contributed by atoms with Crippen LogP contribution in [-0.2, 0) is 0 Å². The van der Waals surface area contributed by atoms with E-state index in [1.165, 1.54) is 6.42 Å². The molecule has 3 nitrogen and oxygen atoms in total. The van der Waals surface area contributed by atoms with E-state index in [4.69, 9.17) is 11.6 Å². The maximum Gasteiger partial charge on any atom is 0.255 e. The number of benzene rings is 1. The fourth-order valence-corrected chi connectivity index (χ4v) is 3.30. The third-order valence-electron chi connectivity index (χ3n) is 3.84. The second-order valence-electron chi connectivity index (χ2n) is 5.94. The van der Waals surface area contributed by atoms with Gasteiger partial charge in [0.25, 0.3) is 5.91 Å². The molecule has 0 aromatic heterocycles. The minimum atomic E-state index is 0.0852. The maximum absolute atomic E-state index is 12.5. The fraction of sp³-hybridized carbons (Fsp3) is 0.562. The van der Waals surface area contributed by atoms with Gasteiger partial charge in [0.2, 0.25) is 0 Å². The Morgan fingerprint density at radius 1 is 1.29 bits per heavy atom. The highest BCUT2D eigenvalue weighted by Crippen LogP contribution is 2.23. The average Bonchev–Trinajstić information content (AvgIpc) is 2.45. The summed E-state index contributed by atoms with van der Waals surface area (Å²) in [7, 11) is 0. The Labute approximate surface area is 140 Å². The van der Waals surface area contributed by atoms with Crippen LogP contribution < -0.4 is 0 Å². The summed E-state index contributed by atoms with van der Waals surface area (Å²) in [5.41, 5.74) is 0.690. The summed E-state index contributed by atoms with van der Waals surface area (Å²) < 4.78 is 0.766. The molecule has 1 aromatic carbocycles. The van der Waals surface area contributed by atoms with Crippen molar-refractivity contribution in [3.8, 4) is 0 Å². The molecule has 0 atom stereocenters. The summed E-state index contributed by atoms with van der Waals surface area (Å²) in [6, 6.07) is 5.33. The van der Waals surface area contributed by atoms with E-state index < -0.39 is 0 Å². The van der Waals surface area contributed by atoms with E-state index >= 15 is 0 Å². The quantitative estimate of drug-likeness (QED) is 0.799. The molecular weight excluding hydrogens is 352 g/mol. The first-order valence-corrected chi connectivity index (χ1v) is 8.61. The van der Waals surface area contributed by atoms with Crippen LogP contribution in [-0.4, -0.2) is 48.4 Å². The smallest absolute Gasteiger partial charge is 0.255 e. The van der Waals surface area contributed by atoms with Crippen LogP contribution in [0.4, 0.5) is 0 Å². The topological polar surface area (TPSA) is 23.6 Å². The van der Waals surface area contributed by atoms with Gasteiger partial charge in [-0.1, -0.05) is 25.4 Å². The van der Waals surface area contributed by atoms with Gasteiger partial charge in [-0.15, -0.1) is 0 Å². The summed E-state index contributed by atoms with van der Waals surface area (Å²) in [6.45, 7) is 9.14. The fourth-order valence-electron chi connectivity index (χ4n) is 2.45. The van der Waals surface area contributed by atoms with Crippen LogP contribution in [0.15, 0.2) is 22.7 Å². The third-order valence-corrected chi connectivity index (χ3v) is 4.73. The SMILES string of the molecule is CC(C)CCN1CCN(C(=O)c2ccc(Cl)cc2Br)CC1. The second-order valence-corrected chi connectivity index (χ2v) is 7.23. The Morgan fingerprint density at radius 3 is 2.52 bits per heavy atom. The lowest BCUT2D eigenvalue weighted by atomic mass is 10.1. The number of hydrogen-bond acceptors (Lipinski definition) is 2. The van der Waals surface area contributed by atoms with Crippen LogP contribution in [0.2, 0.25) is 5.02 Å². The lowest BCUT2D eigenvalue weighted by Crippen LogP contribution is -2.49. The van der Waals surface area contributed by atoms with Crippen LogP contribution in [0.25, 0.3) is 0 Å². The number of carbonyl (C=O) groups is 1. The Hall–Kier alpha value is -0.580. The zero-order valence-electron chi connectivity index (χ0n) is 12.6. The van der Waals surface area contributed by atoms with E-state index in [9.17, 15) is 4.79 Å². The number of carbonyl (C=O) groups excluding carboxylic acids is 1. The van der Waals surface area contributed by atoms with Crippen LogP contribution in [0.5, 0.6) is 0 Å². The summed E-state index contributed by atoms with van der Waals surface area (Å²) in [4.78, 5) is 16.9. The zero-order valence-corrected chi connectivity index (χ0v) is 15.0.